The molecule has 0 radical (unpaired) electrons. The Bertz CT molecular complexity index is 1860. The van der Waals surface area contributed by atoms with Crippen molar-refractivity contribution in [1.82, 2.24) is 4.57 Å². The highest BCUT2D eigenvalue weighted by atomic mass is 32.1. The number of anilines is 2. The molecule has 2 aromatic carbocycles. The van der Waals surface area contributed by atoms with E-state index in [1.165, 1.54) is 20.2 Å². The molecular formula is C34H30N4O2S2. The maximum absolute atomic E-state index is 14.1. The molecule has 0 N–H and O–H groups in total. The van der Waals surface area contributed by atoms with Gasteiger partial charge in [-0.15, -0.1) is 11.3 Å². The third kappa shape index (κ3) is 4.50. The number of rotatable bonds is 4. The number of para-hydroxylation sites is 1. The van der Waals surface area contributed by atoms with Crippen LogP contribution in [-0.2, 0) is 22.4 Å². The number of amides is 2. The highest BCUT2D eigenvalue weighted by Crippen LogP contribution is 2.39. The molecule has 4 aromatic rings. The highest BCUT2D eigenvalue weighted by molar-refractivity contribution is 7.81. The van der Waals surface area contributed by atoms with Crippen molar-refractivity contribution in [3.63, 3.8) is 0 Å². The summed E-state index contributed by atoms with van der Waals surface area (Å²) < 4.78 is 2.09. The smallest absolute Gasteiger partial charge is 0.270 e. The Kier molecular flexibility index (Phi) is 7.17. The Balaban J connectivity index is 1.50. The van der Waals surface area contributed by atoms with E-state index in [0.29, 0.717) is 11.4 Å². The third-order valence-corrected chi connectivity index (χ3v) is 9.89. The van der Waals surface area contributed by atoms with Gasteiger partial charge in [-0.2, -0.15) is 5.26 Å². The summed E-state index contributed by atoms with van der Waals surface area (Å²) in [6.45, 7) is 7.96. The van der Waals surface area contributed by atoms with Crippen LogP contribution in [0.4, 0.5) is 11.4 Å². The molecule has 0 atom stereocenters. The molecule has 6 nitrogen and oxygen atoms in total. The van der Waals surface area contributed by atoms with E-state index in [1.54, 1.807) is 17.4 Å². The molecular weight excluding hydrogens is 561 g/mol. The van der Waals surface area contributed by atoms with Crippen molar-refractivity contribution in [2.45, 2.75) is 53.4 Å². The Morgan fingerprint density at radius 1 is 0.881 bits per heavy atom. The predicted octanol–water partition coefficient (Wildman–Crippen LogP) is 7.27. The van der Waals surface area contributed by atoms with Crippen LogP contribution in [0.1, 0.15) is 56.9 Å². The molecule has 6 rings (SSSR count). The van der Waals surface area contributed by atoms with Crippen molar-refractivity contribution in [3.8, 4) is 11.1 Å². The van der Waals surface area contributed by atoms with Gasteiger partial charge in [0.05, 0.1) is 16.9 Å². The molecule has 2 aromatic heterocycles. The Morgan fingerprint density at radius 2 is 1.57 bits per heavy atom. The normalized spacial score (nSPS) is 16.3. The summed E-state index contributed by atoms with van der Waals surface area (Å²) >= 11 is 7.47. The second kappa shape index (κ2) is 10.8. The molecule has 2 aliphatic rings. The van der Waals surface area contributed by atoms with Crippen LogP contribution in [0.2, 0.25) is 0 Å². The number of hydrogen-bond acceptors (Lipinski definition) is 5. The lowest BCUT2D eigenvalue weighted by Crippen LogP contribution is -2.57. The molecule has 1 aliphatic carbocycles. The number of aryl methyl sites for hydroxylation is 4. The van der Waals surface area contributed by atoms with E-state index in [4.69, 9.17) is 12.2 Å². The molecule has 0 saturated carbocycles. The van der Waals surface area contributed by atoms with E-state index in [-0.39, 0.29) is 10.7 Å². The summed E-state index contributed by atoms with van der Waals surface area (Å²) in [4.78, 5) is 32.3. The second-order valence-electron chi connectivity index (χ2n) is 10.9. The Labute approximate surface area is 255 Å². The first kappa shape index (κ1) is 27.8. The van der Waals surface area contributed by atoms with E-state index in [1.807, 2.05) is 82.3 Å². The zero-order chi connectivity index (χ0) is 29.7. The monoisotopic (exact) mass is 590 g/mol. The van der Waals surface area contributed by atoms with E-state index in [2.05, 4.69) is 10.6 Å². The van der Waals surface area contributed by atoms with Gasteiger partial charge >= 0.3 is 0 Å². The molecule has 42 heavy (non-hydrogen) atoms. The van der Waals surface area contributed by atoms with Crippen LogP contribution in [0.25, 0.3) is 11.1 Å². The van der Waals surface area contributed by atoms with Crippen LogP contribution in [0.15, 0.2) is 60.2 Å². The zero-order valence-corrected chi connectivity index (χ0v) is 25.7. The van der Waals surface area contributed by atoms with Gasteiger partial charge < -0.3 is 4.57 Å². The molecule has 0 spiro atoms. The number of fused-ring (bicyclic) bond motifs is 1. The highest BCUT2D eigenvalue weighted by Gasteiger charge is 2.41. The van der Waals surface area contributed by atoms with Crippen LogP contribution in [0, 0.1) is 39.0 Å². The first-order valence-corrected chi connectivity index (χ1v) is 15.2. The van der Waals surface area contributed by atoms with Crippen LogP contribution in [0.5, 0.6) is 0 Å². The molecule has 3 heterocycles. The maximum atomic E-state index is 14.1. The van der Waals surface area contributed by atoms with E-state index in [0.717, 1.165) is 64.3 Å². The Hall–Kier alpha value is -4.32. The molecule has 2 amide bonds. The number of benzene rings is 2. The number of aromatic nitrogens is 1. The standard InChI is InChI=1S/C34H30N4O2S2/c1-20-14-15-26(16-21(20)2)38-32(40)28(31(39)37(34(38)41)25-10-6-5-7-11-25)18-24-17-22(3)36(23(24)4)33-29(19-35)27-12-8-9-13-30(27)42-33/h5-7,10-11,14-18H,8-9,12-13H2,1-4H3. The number of nitriles is 1. The first-order valence-electron chi connectivity index (χ1n) is 14.0. The molecule has 1 fully saturated rings. The Morgan fingerprint density at radius 3 is 2.26 bits per heavy atom. The molecule has 1 saturated heterocycles. The largest absolute Gasteiger partial charge is 0.308 e. The minimum Gasteiger partial charge on any atom is -0.308 e. The van der Waals surface area contributed by atoms with Gasteiger partial charge in [0.25, 0.3) is 11.8 Å². The van der Waals surface area contributed by atoms with Gasteiger partial charge in [0.1, 0.15) is 16.6 Å². The van der Waals surface area contributed by atoms with Crippen molar-refractivity contribution >= 4 is 57.9 Å². The van der Waals surface area contributed by atoms with Crippen LogP contribution in [-0.4, -0.2) is 21.5 Å². The number of hydrogen-bond donors (Lipinski definition) is 0. The van der Waals surface area contributed by atoms with Crippen LogP contribution in [0.3, 0.4) is 0 Å². The van der Waals surface area contributed by atoms with Gasteiger partial charge in [0.2, 0.25) is 0 Å². The third-order valence-electron chi connectivity index (χ3n) is 8.25. The first-order chi connectivity index (χ1) is 20.2. The van der Waals surface area contributed by atoms with Gasteiger partial charge in [0.15, 0.2) is 5.11 Å². The lowest BCUT2D eigenvalue weighted by atomic mass is 9.96. The van der Waals surface area contributed by atoms with E-state index >= 15 is 0 Å². The van der Waals surface area contributed by atoms with Crippen molar-refractivity contribution in [2.75, 3.05) is 9.80 Å². The van der Waals surface area contributed by atoms with Crippen molar-refractivity contribution in [3.05, 3.63) is 104 Å². The summed E-state index contributed by atoms with van der Waals surface area (Å²) in [6, 6.07) is 19.3. The van der Waals surface area contributed by atoms with Gasteiger partial charge in [-0.25, -0.2) is 0 Å². The van der Waals surface area contributed by atoms with Gasteiger partial charge in [-0.05, 0) is 124 Å². The fourth-order valence-corrected chi connectivity index (χ4v) is 7.68. The topological polar surface area (TPSA) is 69.3 Å². The van der Waals surface area contributed by atoms with Crippen LogP contribution >= 0.6 is 23.6 Å². The minimum absolute atomic E-state index is 0.0249. The van der Waals surface area contributed by atoms with Crippen LogP contribution < -0.4 is 9.80 Å². The summed E-state index contributed by atoms with van der Waals surface area (Å²) in [5.41, 5.74) is 7.81. The fourth-order valence-electron chi connectivity index (χ4n) is 5.85. The van der Waals surface area contributed by atoms with Crippen molar-refractivity contribution < 1.29 is 9.59 Å². The lowest BCUT2D eigenvalue weighted by Gasteiger charge is -2.36. The number of thiophene rings is 1. The summed E-state index contributed by atoms with van der Waals surface area (Å²) in [7, 11) is 0. The summed E-state index contributed by atoms with van der Waals surface area (Å²) in [5.74, 6) is -0.931. The van der Waals surface area contributed by atoms with E-state index < -0.39 is 11.8 Å². The lowest BCUT2D eigenvalue weighted by molar-refractivity contribution is -0.120. The number of nitrogens with zero attached hydrogens (tertiary/aromatic N) is 4. The molecule has 8 heteroatoms. The SMILES string of the molecule is Cc1ccc(N2C(=O)C(=Cc3cc(C)n(-c4sc5c(c4C#N)CCCC5)c3C)C(=O)N(c3ccccc3)C2=S)cc1C. The molecule has 210 valence electrons. The fraction of sp³-hybridized carbons (Fsp3) is 0.235. The molecule has 1 aliphatic heterocycles. The van der Waals surface area contributed by atoms with Gasteiger partial charge in [0, 0.05) is 16.3 Å². The summed E-state index contributed by atoms with van der Waals surface area (Å²) in [6.07, 6.45) is 5.84. The van der Waals surface area contributed by atoms with Gasteiger partial charge in [-0.3, -0.25) is 19.4 Å². The number of carbonyl (C=O) groups excluding carboxylic acids is 2. The van der Waals surface area contributed by atoms with Gasteiger partial charge in [-0.1, -0.05) is 24.3 Å². The number of thiocarbonyl (C=S) groups is 1. The molecule has 0 bridgehead atoms. The minimum atomic E-state index is -0.467. The maximum Gasteiger partial charge on any atom is 0.270 e. The average molecular weight is 591 g/mol. The predicted molar refractivity (Wildman–Crippen MR) is 172 cm³/mol. The zero-order valence-electron chi connectivity index (χ0n) is 24.0. The average Bonchev–Trinajstić information content (AvgIpc) is 3.48. The molecule has 0 unspecified atom stereocenters. The van der Waals surface area contributed by atoms with Crippen molar-refractivity contribution in [2.24, 2.45) is 0 Å². The summed E-state index contributed by atoms with van der Waals surface area (Å²) in [5, 5.41) is 11.1. The number of carbonyl (C=O) groups is 2. The van der Waals surface area contributed by atoms with E-state index in [9.17, 15) is 14.9 Å². The second-order valence-corrected chi connectivity index (χ2v) is 12.3. The quantitative estimate of drug-likeness (QED) is 0.142. The van der Waals surface area contributed by atoms with Crippen molar-refractivity contribution in [1.29, 1.82) is 5.26 Å².